The summed E-state index contributed by atoms with van der Waals surface area (Å²) in [4.78, 5) is 7.90. The molecule has 0 saturated heterocycles. The summed E-state index contributed by atoms with van der Waals surface area (Å²) in [5.74, 6) is 0.256. The topological polar surface area (TPSA) is 48.4 Å². The molecule has 0 fully saturated rings. The fourth-order valence-electron chi connectivity index (χ4n) is 3.72. The maximum absolute atomic E-state index is 10.8. The number of aromatic nitrogens is 1. The third kappa shape index (κ3) is 2.74. The number of H-pyrrole nitrogens is 1. The average molecular weight is 362 g/mol. The number of nitrogens with zero attached hydrogens (tertiary/aromatic N) is 1. The van der Waals surface area contributed by atoms with Crippen LogP contribution in [0.3, 0.4) is 0 Å². The van der Waals surface area contributed by atoms with E-state index in [1.807, 2.05) is 67.0 Å². The number of aromatic amines is 1. The molecule has 3 heteroatoms. The quantitative estimate of drug-likeness (QED) is 0.356. The van der Waals surface area contributed by atoms with Crippen molar-refractivity contribution in [1.29, 1.82) is 0 Å². The molecule has 0 amide bonds. The van der Waals surface area contributed by atoms with Gasteiger partial charge in [0.15, 0.2) is 0 Å². The number of phenols is 1. The third-order valence-corrected chi connectivity index (χ3v) is 5.03. The van der Waals surface area contributed by atoms with E-state index < -0.39 is 0 Å². The molecule has 1 aromatic heterocycles. The highest BCUT2D eigenvalue weighted by Crippen LogP contribution is 2.44. The van der Waals surface area contributed by atoms with E-state index >= 15 is 0 Å². The first kappa shape index (κ1) is 16.3. The standard InChI is InChI=1S/C25H18N2O/c28-23-14-12-18-7-2-4-10-21(18)25(23)24-20-9-3-1-6-17(20)11-13-22(24)27-16-19-8-5-15-26-19/h1-16,26,28H. The molecule has 0 saturated carbocycles. The van der Waals surface area contributed by atoms with Gasteiger partial charge in [-0.15, -0.1) is 0 Å². The molecule has 0 unspecified atom stereocenters. The van der Waals surface area contributed by atoms with Gasteiger partial charge >= 0.3 is 0 Å². The van der Waals surface area contributed by atoms with Gasteiger partial charge in [-0.1, -0.05) is 60.7 Å². The first-order valence-corrected chi connectivity index (χ1v) is 9.21. The molecule has 0 bridgehead atoms. The molecule has 2 N–H and O–H groups in total. The van der Waals surface area contributed by atoms with Crippen LogP contribution in [0.5, 0.6) is 5.75 Å². The number of benzene rings is 4. The molecule has 5 rings (SSSR count). The van der Waals surface area contributed by atoms with Gasteiger partial charge in [0, 0.05) is 17.3 Å². The predicted molar refractivity (Wildman–Crippen MR) is 117 cm³/mol. The zero-order chi connectivity index (χ0) is 18.9. The number of rotatable bonds is 3. The molecule has 0 spiro atoms. The molecule has 0 atom stereocenters. The summed E-state index contributed by atoms with van der Waals surface area (Å²) in [6.45, 7) is 0. The Hall–Kier alpha value is -3.85. The van der Waals surface area contributed by atoms with Gasteiger partial charge in [0.1, 0.15) is 5.75 Å². The van der Waals surface area contributed by atoms with E-state index in [0.717, 1.165) is 44.1 Å². The maximum atomic E-state index is 10.8. The highest BCUT2D eigenvalue weighted by Gasteiger charge is 2.16. The number of aromatic hydroxyl groups is 1. The summed E-state index contributed by atoms with van der Waals surface area (Å²) in [6, 6.07) is 28.0. The molecule has 0 aliphatic heterocycles. The van der Waals surface area contributed by atoms with Gasteiger partial charge in [-0.25, -0.2) is 0 Å². The van der Waals surface area contributed by atoms with Crippen molar-refractivity contribution in [3.8, 4) is 16.9 Å². The van der Waals surface area contributed by atoms with Gasteiger partial charge in [0.05, 0.1) is 17.6 Å². The number of hydrogen-bond acceptors (Lipinski definition) is 2. The molecule has 3 nitrogen and oxygen atoms in total. The van der Waals surface area contributed by atoms with Crippen molar-refractivity contribution in [2.24, 2.45) is 4.99 Å². The lowest BCUT2D eigenvalue weighted by Crippen LogP contribution is -1.88. The normalized spacial score (nSPS) is 11.6. The molecule has 1 heterocycles. The largest absolute Gasteiger partial charge is 0.507 e. The van der Waals surface area contributed by atoms with Crippen molar-refractivity contribution in [2.45, 2.75) is 0 Å². The van der Waals surface area contributed by atoms with Crippen LogP contribution >= 0.6 is 0 Å². The van der Waals surface area contributed by atoms with Gasteiger partial charge < -0.3 is 10.1 Å². The van der Waals surface area contributed by atoms with Crippen LogP contribution in [0.25, 0.3) is 32.7 Å². The van der Waals surface area contributed by atoms with E-state index in [1.165, 1.54) is 0 Å². The van der Waals surface area contributed by atoms with E-state index in [0.29, 0.717) is 0 Å². The zero-order valence-electron chi connectivity index (χ0n) is 15.1. The smallest absolute Gasteiger partial charge is 0.124 e. The fraction of sp³-hybridized carbons (Fsp3) is 0. The van der Waals surface area contributed by atoms with Crippen LogP contribution < -0.4 is 0 Å². The second-order valence-corrected chi connectivity index (χ2v) is 6.75. The van der Waals surface area contributed by atoms with Gasteiger partial charge in [0.2, 0.25) is 0 Å². The van der Waals surface area contributed by atoms with Crippen LogP contribution in [0.4, 0.5) is 5.69 Å². The van der Waals surface area contributed by atoms with Crippen LogP contribution in [0.2, 0.25) is 0 Å². The number of phenolic OH excluding ortho intramolecular Hbond substituents is 1. The minimum absolute atomic E-state index is 0.256. The summed E-state index contributed by atoms with van der Waals surface area (Å²) in [7, 11) is 0. The highest BCUT2D eigenvalue weighted by atomic mass is 16.3. The van der Waals surface area contributed by atoms with Gasteiger partial charge in [-0.3, -0.25) is 4.99 Å². The van der Waals surface area contributed by atoms with Crippen LogP contribution in [-0.2, 0) is 0 Å². The molecule has 0 aliphatic rings. The average Bonchev–Trinajstić information content (AvgIpc) is 3.26. The summed E-state index contributed by atoms with van der Waals surface area (Å²) in [6.07, 6.45) is 3.69. The predicted octanol–water partition coefficient (Wildman–Crippen LogP) is 6.44. The number of fused-ring (bicyclic) bond motifs is 2. The molecular formula is C25H18N2O. The van der Waals surface area contributed by atoms with Crippen LogP contribution in [0.1, 0.15) is 5.69 Å². The number of hydrogen-bond donors (Lipinski definition) is 2. The first-order chi connectivity index (χ1) is 13.8. The van der Waals surface area contributed by atoms with Crippen LogP contribution in [0.15, 0.2) is 96.1 Å². The highest BCUT2D eigenvalue weighted by molar-refractivity contribution is 6.11. The van der Waals surface area contributed by atoms with Gasteiger partial charge in [0.25, 0.3) is 0 Å². The monoisotopic (exact) mass is 362 g/mol. The molecule has 0 radical (unpaired) electrons. The van der Waals surface area contributed by atoms with E-state index in [1.54, 1.807) is 6.07 Å². The van der Waals surface area contributed by atoms with E-state index in [4.69, 9.17) is 4.99 Å². The first-order valence-electron chi connectivity index (χ1n) is 9.21. The van der Waals surface area contributed by atoms with Crippen molar-refractivity contribution in [3.63, 3.8) is 0 Å². The van der Waals surface area contributed by atoms with Crippen molar-refractivity contribution >= 4 is 33.4 Å². The second kappa shape index (κ2) is 6.71. The zero-order valence-corrected chi connectivity index (χ0v) is 15.1. The minimum Gasteiger partial charge on any atom is -0.507 e. The lowest BCUT2D eigenvalue weighted by molar-refractivity contribution is 0.478. The second-order valence-electron chi connectivity index (χ2n) is 6.75. The molecule has 4 aromatic carbocycles. The SMILES string of the molecule is Oc1ccc2ccccc2c1-c1c(N=Cc2ccc[nH]2)ccc2ccccc12. The van der Waals surface area contributed by atoms with E-state index in [2.05, 4.69) is 29.2 Å². The van der Waals surface area contributed by atoms with Crippen molar-refractivity contribution in [1.82, 2.24) is 4.98 Å². The molecule has 5 aromatic rings. The van der Waals surface area contributed by atoms with Gasteiger partial charge in [-0.2, -0.15) is 0 Å². The van der Waals surface area contributed by atoms with Crippen LogP contribution in [0, 0.1) is 0 Å². The lowest BCUT2D eigenvalue weighted by Gasteiger charge is -2.15. The Morgan fingerprint density at radius 1 is 0.679 bits per heavy atom. The van der Waals surface area contributed by atoms with Crippen LogP contribution in [-0.4, -0.2) is 16.3 Å². The molecule has 0 aliphatic carbocycles. The Bertz CT molecular complexity index is 1320. The summed E-state index contributed by atoms with van der Waals surface area (Å²) >= 11 is 0. The Morgan fingerprint density at radius 3 is 2.07 bits per heavy atom. The Balaban J connectivity index is 1.86. The van der Waals surface area contributed by atoms with Crippen molar-refractivity contribution in [2.75, 3.05) is 0 Å². The van der Waals surface area contributed by atoms with Gasteiger partial charge in [-0.05, 0) is 45.8 Å². The molecule has 134 valence electrons. The third-order valence-electron chi connectivity index (χ3n) is 5.03. The maximum Gasteiger partial charge on any atom is 0.124 e. The van der Waals surface area contributed by atoms with E-state index in [9.17, 15) is 5.11 Å². The Labute approximate surface area is 162 Å². The summed E-state index contributed by atoms with van der Waals surface area (Å²) < 4.78 is 0. The van der Waals surface area contributed by atoms with Crippen molar-refractivity contribution in [3.05, 3.63) is 96.8 Å². The Kier molecular flexibility index (Phi) is 3.91. The molecule has 28 heavy (non-hydrogen) atoms. The lowest BCUT2D eigenvalue weighted by atomic mass is 9.92. The Morgan fingerprint density at radius 2 is 1.36 bits per heavy atom. The summed E-state index contributed by atoms with van der Waals surface area (Å²) in [5, 5.41) is 15.1. The van der Waals surface area contributed by atoms with E-state index in [-0.39, 0.29) is 5.75 Å². The minimum atomic E-state index is 0.256. The summed E-state index contributed by atoms with van der Waals surface area (Å²) in [5.41, 5.74) is 3.50. The number of nitrogens with one attached hydrogen (secondary N) is 1. The van der Waals surface area contributed by atoms with Crippen molar-refractivity contribution < 1.29 is 5.11 Å². The molecular weight excluding hydrogens is 344 g/mol. The fourth-order valence-corrected chi connectivity index (χ4v) is 3.72. The number of aliphatic imine (C=N–C) groups is 1.